The highest BCUT2D eigenvalue weighted by Gasteiger charge is 2.16. The maximum absolute atomic E-state index is 4.36. The summed E-state index contributed by atoms with van der Waals surface area (Å²) in [5, 5.41) is 3.41. The monoisotopic (exact) mass is 228 g/mol. The number of rotatable bonds is 4. The molecule has 0 aliphatic heterocycles. The Morgan fingerprint density at radius 3 is 2.76 bits per heavy atom. The van der Waals surface area contributed by atoms with Gasteiger partial charge in [0, 0.05) is 24.3 Å². The Morgan fingerprint density at radius 1 is 1.24 bits per heavy atom. The van der Waals surface area contributed by atoms with Crippen molar-refractivity contribution in [3.05, 3.63) is 53.9 Å². The average molecular weight is 228 g/mol. The van der Waals surface area contributed by atoms with E-state index in [0.717, 1.165) is 23.5 Å². The predicted octanol–water partition coefficient (Wildman–Crippen LogP) is 1.88. The minimum absolute atomic E-state index is 0.0578. The zero-order valence-electron chi connectivity index (χ0n) is 10.1. The Bertz CT molecular complexity index is 470. The van der Waals surface area contributed by atoms with Gasteiger partial charge in [-0.3, -0.25) is 15.0 Å². The molecule has 1 unspecified atom stereocenters. The summed E-state index contributed by atoms with van der Waals surface area (Å²) in [5.74, 6) is 0. The maximum Gasteiger partial charge on any atom is 0.0802 e. The number of pyridine rings is 1. The number of aromatic nitrogens is 3. The number of nitrogens with zero attached hydrogens (tertiary/aromatic N) is 3. The molecular formula is C13H16N4. The fourth-order valence-corrected chi connectivity index (χ4v) is 1.84. The molecule has 0 aliphatic carbocycles. The average Bonchev–Trinajstić information content (AvgIpc) is 2.38. The molecule has 1 N–H and O–H groups in total. The SMILES string of the molecule is CCNC(c1cnccn1)c1cccnc1C. The van der Waals surface area contributed by atoms with Crippen LogP contribution in [0.4, 0.5) is 0 Å². The van der Waals surface area contributed by atoms with E-state index in [1.807, 2.05) is 13.0 Å². The molecule has 0 spiro atoms. The smallest absolute Gasteiger partial charge is 0.0802 e. The van der Waals surface area contributed by atoms with Gasteiger partial charge in [-0.25, -0.2) is 0 Å². The zero-order valence-corrected chi connectivity index (χ0v) is 10.1. The van der Waals surface area contributed by atoms with Crippen molar-refractivity contribution in [2.75, 3.05) is 6.54 Å². The van der Waals surface area contributed by atoms with Crippen molar-refractivity contribution >= 4 is 0 Å². The normalized spacial score (nSPS) is 12.4. The molecule has 0 amide bonds. The first-order valence-electron chi connectivity index (χ1n) is 5.73. The van der Waals surface area contributed by atoms with E-state index < -0.39 is 0 Å². The van der Waals surface area contributed by atoms with Gasteiger partial charge in [0.25, 0.3) is 0 Å². The van der Waals surface area contributed by atoms with Gasteiger partial charge in [-0.1, -0.05) is 13.0 Å². The first-order valence-corrected chi connectivity index (χ1v) is 5.73. The highest BCUT2D eigenvalue weighted by molar-refractivity contribution is 5.29. The van der Waals surface area contributed by atoms with E-state index in [-0.39, 0.29) is 6.04 Å². The summed E-state index contributed by atoms with van der Waals surface area (Å²) in [4.78, 5) is 12.8. The quantitative estimate of drug-likeness (QED) is 0.868. The molecule has 4 nitrogen and oxygen atoms in total. The van der Waals surface area contributed by atoms with Crippen molar-refractivity contribution in [3.63, 3.8) is 0 Å². The molecule has 0 fully saturated rings. The maximum atomic E-state index is 4.36. The second-order valence-electron chi connectivity index (χ2n) is 3.80. The Morgan fingerprint density at radius 2 is 2.12 bits per heavy atom. The summed E-state index contributed by atoms with van der Waals surface area (Å²) in [7, 11) is 0. The van der Waals surface area contributed by atoms with E-state index in [1.165, 1.54) is 0 Å². The van der Waals surface area contributed by atoms with Gasteiger partial charge >= 0.3 is 0 Å². The van der Waals surface area contributed by atoms with Crippen molar-refractivity contribution in [1.29, 1.82) is 0 Å². The van der Waals surface area contributed by atoms with Gasteiger partial charge < -0.3 is 5.32 Å². The van der Waals surface area contributed by atoms with Gasteiger partial charge in [-0.05, 0) is 25.1 Å². The molecule has 0 saturated heterocycles. The highest BCUT2D eigenvalue weighted by atomic mass is 14.9. The number of hydrogen-bond donors (Lipinski definition) is 1. The third-order valence-electron chi connectivity index (χ3n) is 2.65. The second-order valence-corrected chi connectivity index (χ2v) is 3.80. The van der Waals surface area contributed by atoms with Gasteiger partial charge in [0.1, 0.15) is 0 Å². The third kappa shape index (κ3) is 2.65. The zero-order chi connectivity index (χ0) is 12.1. The molecule has 2 rings (SSSR count). The lowest BCUT2D eigenvalue weighted by molar-refractivity contribution is 0.607. The molecule has 2 heterocycles. The largest absolute Gasteiger partial charge is 0.305 e. The third-order valence-corrected chi connectivity index (χ3v) is 2.65. The highest BCUT2D eigenvalue weighted by Crippen LogP contribution is 2.21. The minimum atomic E-state index is 0.0578. The van der Waals surface area contributed by atoms with E-state index in [9.17, 15) is 0 Å². The topological polar surface area (TPSA) is 50.7 Å². The van der Waals surface area contributed by atoms with E-state index in [1.54, 1.807) is 24.8 Å². The van der Waals surface area contributed by atoms with E-state index in [4.69, 9.17) is 0 Å². The van der Waals surface area contributed by atoms with Crippen LogP contribution in [-0.4, -0.2) is 21.5 Å². The van der Waals surface area contributed by atoms with Crippen LogP contribution in [0, 0.1) is 6.92 Å². The molecular weight excluding hydrogens is 212 g/mol. The first-order chi connectivity index (χ1) is 8.33. The van der Waals surface area contributed by atoms with Crippen LogP contribution in [0.25, 0.3) is 0 Å². The number of hydrogen-bond acceptors (Lipinski definition) is 4. The van der Waals surface area contributed by atoms with E-state index in [0.29, 0.717) is 0 Å². The van der Waals surface area contributed by atoms with Crippen LogP contribution in [0.3, 0.4) is 0 Å². The molecule has 17 heavy (non-hydrogen) atoms. The summed E-state index contributed by atoms with van der Waals surface area (Å²) in [6.07, 6.45) is 6.99. The first kappa shape index (κ1) is 11.7. The van der Waals surface area contributed by atoms with Crippen molar-refractivity contribution in [3.8, 4) is 0 Å². The Hall–Kier alpha value is -1.81. The standard InChI is InChI=1S/C13H16N4/c1-3-15-13(12-9-14-7-8-17-12)11-5-4-6-16-10(11)2/h4-9,13,15H,3H2,1-2H3. The molecule has 0 aliphatic rings. The molecule has 0 saturated carbocycles. The molecule has 0 radical (unpaired) electrons. The van der Waals surface area contributed by atoms with Crippen LogP contribution in [0.2, 0.25) is 0 Å². The van der Waals surface area contributed by atoms with Crippen LogP contribution >= 0.6 is 0 Å². The van der Waals surface area contributed by atoms with Gasteiger partial charge in [-0.15, -0.1) is 0 Å². The van der Waals surface area contributed by atoms with Crippen molar-refractivity contribution in [2.45, 2.75) is 19.9 Å². The van der Waals surface area contributed by atoms with E-state index in [2.05, 4.69) is 33.3 Å². The molecule has 2 aromatic heterocycles. The van der Waals surface area contributed by atoms with Crippen molar-refractivity contribution in [1.82, 2.24) is 20.3 Å². The van der Waals surface area contributed by atoms with Gasteiger partial charge in [0.2, 0.25) is 0 Å². The molecule has 2 aromatic rings. The molecule has 0 bridgehead atoms. The lowest BCUT2D eigenvalue weighted by Gasteiger charge is -2.18. The number of aryl methyl sites for hydroxylation is 1. The molecule has 88 valence electrons. The van der Waals surface area contributed by atoms with Gasteiger partial charge in [0.15, 0.2) is 0 Å². The Kier molecular flexibility index (Phi) is 3.77. The Labute approximate surface area is 101 Å². The van der Waals surface area contributed by atoms with Crippen LogP contribution < -0.4 is 5.32 Å². The lowest BCUT2D eigenvalue weighted by atomic mass is 10.0. The second kappa shape index (κ2) is 5.50. The minimum Gasteiger partial charge on any atom is -0.305 e. The molecule has 4 heteroatoms. The molecule has 1 atom stereocenters. The fraction of sp³-hybridized carbons (Fsp3) is 0.308. The van der Waals surface area contributed by atoms with Gasteiger partial charge in [0.05, 0.1) is 17.9 Å². The van der Waals surface area contributed by atoms with E-state index >= 15 is 0 Å². The lowest BCUT2D eigenvalue weighted by Crippen LogP contribution is -2.24. The predicted molar refractivity (Wildman–Crippen MR) is 66.5 cm³/mol. The summed E-state index contributed by atoms with van der Waals surface area (Å²) in [6.45, 7) is 4.96. The van der Waals surface area contributed by atoms with Crippen LogP contribution in [-0.2, 0) is 0 Å². The van der Waals surface area contributed by atoms with Crippen molar-refractivity contribution < 1.29 is 0 Å². The number of nitrogens with one attached hydrogen (secondary N) is 1. The van der Waals surface area contributed by atoms with Gasteiger partial charge in [-0.2, -0.15) is 0 Å². The summed E-state index contributed by atoms with van der Waals surface area (Å²) < 4.78 is 0. The van der Waals surface area contributed by atoms with Crippen LogP contribution in [0.5, 0.6) is 0 Å². The van der Waals surface area contributed by atoms with Crippen molar-refractivity contribution in [2.24, 2.45) is 0 Å². The van der Waals surface area contributed by atoms with Crippen LogP contribution in [0.1, 0.15) is 29.9 Å². The summed E-state index contributed by atoms with van der Waals surface area (Å²) in [6, 6.07) is 4.08. The van der Waals surface area contributed by atoms with Crippen LogP contribution in [0.15, 0.2) is 36.9 Å². The fourth-order valence-electron chi connectivity index (χ4n) is 1.84. The summed E-state index contributed by atoms with van der Waals surface area (Å²) in [5.41, 5.74) is 3.09. The summed E-state index contributed by atoms with van der Waals surface area (Å²) >= 11 is 0. The Balaban J connectivity index is 2.39. The molecule has 0 aromatic carbocycles.